The van der Waals surface area contributed by atoms with Gasteiger partial charge in [-0.15, -0.1) is 0 Å². The zero-order valence-corrected chi connectivity index (χ0v) is 11.6. The summed E-state index contributed by atoms with van der Waals surface area (Å²) >= 11 is 0. The molecule has 1 atom stereocenters. The average molecular weight is 267 g/mol. The van der Waals surface area contributed by atoms with Crippen molar-refractivity contribution in [2.24, 2.45) is 11.7 Å². The van der Waals surface area contributed by atoms with Crippen LogP contribution in [0.2, 0.25) is 0 Å². The molecule has 0 spiro atoms. The molecule has 1 fully saturated rings. The van der Waals surface area contributed by atoms with Gasteiger partial charge in [-0.2, -0.15) is 0 Å². The predicted molar refractivity (Wildman–Crippen MR) is 72.9 cm³/mol. The van der Waals surface area contributed by atoms with E-state index in [1.165, 1.54) is 0 Å². The summed E-state index contributed by atoms with van der Waals surface area (Å²) in [5.74, 6) is 0.391. The van der Waals surface area contributed by atoms with Gasteiger partial charge in [-0.1, -0.05) is 13.0 Å². The van der Waals surface area contributed by atoms with E-state index in [4.69, 9.17) is 15.2 Å². The number of ether oxygens (including phenoxy) is 2. The Morgan fingerprint density at radius 2 is 2.21 bits per heavy atom. The quantitative estimate of drug-likeness (QED) is 0.861. The van der Waals surface area contributed by atoms with Gasteiger partial charge in [0.1, 0.15) is 0 Å². The topological polar surface area (TPSA) is 44.5 Å². The highest BCUT2D eigenvalue weighted by Crippen LogP contribution is 2.41. The molecule has 4 heteroatoms. The van der Waals surface area contributed by atoms with Crippen molar-refractivity contribution in [3.63, 3.8) is 0 Å². The molecule has 2 rings (SSSR count). The number of hydrogen-bond donors (Lipinski definition) is 1. The van der Waals surface area contributed by atoms with Gasteiger partial charge in [0.15, 0.2) is 11.6 Å². The van der Waals surface area contributed by atoms with Gasteiger partial charge in [0.2, 0.25) is 0 Å². The van der Waals surface area contributed by atoms with Gasteiger partial charge in [0.05, 0.1) is 19.8 Å². The molecule has 0 aliphatic carbocycles. The summed E-state index contributed by atoms with van der Waals surface area (Å²) in [6.45, 7) is 6.39. The molecular formula is C15H22FNO2. The standard InChI is InChI=1S/C15H22FNO2/c1-3-19-14-5-4-12(8-13(14)16)15(9-18-10-15)11(2)6-7-17/h4-5,8,11H,3,6-7,9-10,17H2,1-2H3. The lowest BCUT2D eigenvalue weighted by Crippen LogP contribution is -2.52. The number of halogens is 1. The molecule has 1 aliphatic rings. The maximum Gasteiger partial charge on any atom is 0.165 e. The highest BCUT2D eigenvalue weighted by atomic mass is 19.1. The van der Waals surface area contributed by atoms with Gasteiger partial charge in [0, 0.05) is 5.41 Å². The summed E-state index contributed by atoms with van der Waals surface area (Å²) in [4.78, 5) is 0. The smallest absolute Gasteiger partial charge is 0.165 e. The highest BCUT2D eigenvalue weighted by Gasteiger charge is 2.44. The molecule has 0 amide bonds. The minimum absolute atomic E-state index is 0.0923. The van der Waals surface area contributed by atoms with E-state index in [2.05, 4.69) is 6.92 Å². The third-order valence-corrected chi connectivity index (χ3v) is 4.07. The lowest BCUT2D eigenvalue weighted by molar-refractivity contribution is -0.0884. The molecule has 0 bridgehead atoms. The Bertz CT molecular complexity index is 432. The van der Waals surface area contributed by atoms with E-state index < -0.39 is 0 Å². The number of rotatable bonds is 6. The summed E-state index contributed by atoms with van der Waals surface area (Å²) < 4.78 is 24.6. The third-order valence-electron chi connectivity index (χ3n) is 4.07. The second-order valence-electron chi connectivity index (χ2n) is 5.21. The monoisotopic (exact) mass is 267 g/mol. The van der Waals surface area contributed by atoms with Crippen LogP contribution in [0.4, 0.5) is 4.39 Å². The summed E-state index contributed by atoms with van der Waals surface area (Å²) in [7, 11) is 0. The first kappa shape index (κ1) is 14.3. The summed E-state index contributed by atoms with van der Waals surface area (Å²) in [5, 5.41) is 0. The van der Waals surface area contributed by atoms with E-state index in [0.29, 0.717) is 38.0 Å². The van der Waals surface area contributed by atoms with E-state index >= 15 is 0 Å². The largest absolute Gasteiger partial charge is 0.491 e. The van der Waals surface area contributed by atoms with Crippen LogP contribution >= 0.6 is 0 Å². The van der Waals surface area contributed by atoms with Crippen LogP contribution in [0.3, 0.4) is 0 Å². The Kier molecular flexibility index (Phi) is 4.42. The van der Waals surface area contributed by atoms with Crippen LogP contribution in [0.15, 0.2) is 18.2 Å². The van der Waals surface area contributed by atoms with Crippen LogP contribution in [-0.2, 0) is 10.2 Å². The Morgan fingerprint density at radius 3 is 2.68 bits per heavy atom. The van der Waals surface area contributed by atoms with Gasteiger partial charge in [-0.05, 0) is 43.5 Å². The van der Waals surface area contributed by atoms with Crippen molar-refractivity contribution < 1.29 is 13.9 Å². The van der Waals surface area contributed by atoms with E-state index in [1.54, 1.807) is 12.1 Å². The van der Waals surface area contributed by atoms with Crippen LogP contribution in [0, 0.1) is 11.7 Å². The minimum Gasteiger partial charge on any atom is -0.491 e. The maximum atomic E-state index is 14.0. The van der Waals surface area contributed by atoms with Gasteiger partial charge < -0.3 is 15.2 Å². The third kappa shape index (κ3) is 2.60. The minimum atomic E-state index is -0.300. The number of hydrogen-bond acceptors (Lipinski definition) is 3. The Morgan fingerprint density at radius 1 is 1.47 bits per heavy atom. The molecule has 2 N–H and O–H groups in total. The van der Waals surface area contributed by atoms with E-state index in [9.17, 15) is 4.39 Å². The fourth-order valence-corrected chi connectivity index (χ4v) is 2.67. The molecule has 1 aliphatic heterocycles. The first-order valence-corrected chi connectivity index (χ1v) is 6.84. The molecule has 1 aromatic rings. The highest BCUT2D eigenvalue weighted by molar-refractivity contribution is 5.36. The molecule has 1 aromatic carbocycles. The van der Waals surface area contributed by atoms with Crippen molar-refractivity contribution in [2.45, 2.75) is 25.7 Å². The first-order valence-electron chi connectivity index (χ1n) is 6.84. The van der Waals surface area contributed by atoms with Gasteiger partial charge in [0.25, 0.3) is 0 Å². The summed E-state index contributed by atoms with van der Waals surface area (Å²) in [6, 6.07) is 5.24. The van der Waals surface area contributed by atoms with Crippen LogP contribution < -0.4 is 10.5 Å². The molecule has 0 saturated carbocycles. The molecule has 0 aromatic heterocycles. The van der Waals surface area contributed by atoms with Crippen LogP contribution in [0.5, 0.6) is 5.75 Å². The van der Waals surface area contributed by atoms with Crippen molar-refractivity contribution >= 4 is 0 Å². The van der Waals surface area contributed by atoms with Crippen LogP contribution in [0.1, 0.15) is 25.8 Å². The van der Waals surface area contributed by atoms with Crippen molar-refractivity contribution in [1.82, 2.24) is 0 Å². The lowest BCUT2D eigenvalue weighted by Gasteiger charge is -2.46. The molecule has 0 radical (unpaired) electrons. The van der Waals surface area contributed by atoms with Crippen molar-refractivity contribution in [3.05, 3.63) is 29.6 Å². The number of nitrogens with two attached hydrogens (primary N) is 1. The van der Waals surface area contributed by atoms with Crippen molar-refractivity contribution in [1.29, 1.82) is 0 Å². The molecule has 1 saturated heterocycles. The van der Waals surface area contributed by atoms with E-state index in [1.807, 2.05) is 13.0 Å². The van der Waals surface area contributed by atoms with E-state index in [0.717, 1.165) is 12.0 Å². The Labute approximate surface area is 113 Å². The molecular weight excluding hydrogens is 245 g/mol. The van der Waals surface area contributed by atoms with Crippen LogP contribution in [0.25, 0.3) is 0 Å². The zero-order valence-electron chi connectivity index (χ0n) is 11.6. The molecule has 3 nitrogen and oxygen atoms in total. The van der Waals surface area contributed by atoms with Gasteiger partial charge in [-0.3, -0.25) is 0 Å². The lowest BCUT2D eigenvalue weighted by atomic mass is 9.68. The molecule has 1 heterocycles. The normalized spacial score (nSPS) is 18.7. The molecule has 1 unspecified atom stereocenters. The second-order valence-corrected chi connectivity index (χ2v) is 5.21. The maximum absolute atomic E-state index is 14.0. The Balaban J connectivity index is 2.26. The summed E-state index contributed by atoms with van der Waals surface area (Å²) in [5.41, 5.74) is 6.54. The molecule has 19 heavy (non-hydrogen) atoms. The molecule has 106 valence electrons. The summed E-state index contributed by atoms with van der Waals surface area (Å²) in [6.07, 6.45) is 0.915. The average Bonchev–Trinajstić information content (AvgIpc) is 2.31. The first-order chi connectivity index (χ1) is 9.14. The van der Waals surface area contributed by atoms with E-state index in [-0.39, 0.29) is 11.2 Å². The fourth-order valence-electron chi connectivity index (χ4n) is 2.67. The zero-order chi connectivity index (χ0) is 13.9. The van der Waals surface area contributed by atoms with Crippen molar-refractivity contribution in [3.8, 4) is 5.75 Å². The predicted octanol–water partition coefficient (Wildman–Crippen LogP) is 2.48. The number of benzene rings is 1. The Hall–Kier alpha value is -1.13. The van der Waals surface area contributed by atoms with Gasteiger partial charge >= 0.3 is 0 Å². The fraction of sp³-hybridized carbons (Fsp3) is 0.600. The second kappa shape index (κ2) is 5.88. The SMILES string of the molecule is CCOc1ccc(C2(C(C)CCN)COC2)cc1F. The van der Waals surface area contributed by atoms with Crippen molar-refractivity contribution in [2.75, 3.05) is 26.4 Å². The van der Waals surface area contributed by atoms with Gasteiger partial charge in [-0.25, -0.2) is 4.39 Å². The van der Waals surface area contributed by atoms with Crippen LogP contribution in [-0.4, -0.2) is 26.4 Å².